The van der Waals surface area contributed by atoms with Crippen LogP contribution in [0, 0.1) is 0 Å². The third-order valence-corrected chi connectivity index (χ3v) is 6.54. The van der Waals surface area contributed by atoms with Crippen LogP contribution in [0.5, 0.6) is 0 Å². The number of anilines is 1. The summed E-state index contributed by atoms with van der Waals surface area (Å²) in [5.41, 5.74) is 2.99. The third-order valence-electron chi connectivity index (χ3n) is 5.43. The molecular formula is C22H24BrClN4O. The van der Waals surface area contributed by atoms with Crippen LogP contribution in [0.25, 0.3) is 5.69 Å². The van der Waals surface area contributed by atoms with Crippen LogP contribution in [0.15, 0.2) is 63.9 Å². The first-order valence-corrected chi connectivity index (χ1v) is 11.0. The van der Waals surface area contributed by atoms with Gasteiger partial charge in [-0.25, -0.2) is 4.68 Å². The SMILES string of the molecule is CCn1c(CN2CCN(c3ccccc3Cl)CC2)c(Br)c(=O)n1-c1ccccc1. The molecule has 29 heavy (non-hydrogen) atoms. The quantitative estimate of drug-likeness (QED) is 0.548. The monoisotopic (exact) mass is 474 g/mol. The number of hydrogen-bond donors (Lipinski definition) is 0. The van der Waals surface area contributed by atoms with Crippen molar-refractivity contribution in [3.05, 3.63) is 80.1 Å². The van der Waals surface area contributed by atoms with Gasteiger partial charge in [-0.3, -0.25) is 14.4 Å². The lowest BCUT2D eigenvalue weighted by atomic mass is 10.2. The highest BCUT2D eigenvalue weighted by molar-refractivity contribution is 9.10. The van der Waals surface area contributed by atoms with Gasteiger partial charge in [-0.1, -0.05) is 41.9 Å². The molecule has 1 fully saturated rings. The van der Waals surface area contributed by atoms with E-state index in [1.165, 1.54) is 0 Å². The zero-order chi connectivity index (χ0) is 20.4. The predicted octanol–water partition coefficient (Wildman–Crippen LogP) is 4.40. The molecule has 1 aliphatic rings. The second-order valence-electron chi connectivity index (χ2n) is 7.14. The Morgan fingerprint density at radius 2 is 1.62 bits per heavy atom. The van der Waals surface area contributed by atoms with Crippen LogP contribution < -0.4 is 10.5 Å². The maximum atomic E-state index is 12.9. The molecular weight excluding hydrogens is 452 g/mol. The number of aromatic nitrogens is 2. The highest BCUT2D eigenvalue weighted by Crippen LogP contribution is 2.27. The van der Waals surface area contributed by atoms with Gasteiger partial charge in [-0.15, -0.1) is 0 Å². The summed E-state index contributed by atoms with van der Waals surface area (Å²) in [7, 11) is 0. The lowest BCUT2D eigenvalue weighted by molar-refractivity contribution is 0.241. The van der Waals surface area contributed by atoms with E-state index in [2.05, 4.69) is 43.4 Å². The standard InChI is InChI=1S/C22H24BrClN4O/c1-2-27-20(21(23)22(29)28(27)17-8-4-3-5-9-17)16-25-12-14-26(15-13-25)19-11-7-6-10-18(19)24/h3-11H,2,12-16H2,1H3. The second kappa shape index (κ2) is 8.78. The van der Waals surface area contributed by atoms with E-state index < -0.39 is 0 Å². The number of para-hydroxylation sites is 2. The molecule has 0 saturated carbocycles. The van der Waals surface area contributed by atoms with Crippen molar-refractivity contribution in [2.45, 2.75) is 20.0 Å². The zero-order valence-corrected chi connectivity index (χ0v) is 18.7. The molecule has 152 valence electrons. The van der Waals surface area contributed by atoms with Gasteiger partial charge in [0.25, 0.3) is 5.56 Å². The van der Waals surface area contributed by atoms with Crippen molar-refractivity contribution in [2.75, 3.05) is 31.1 Å². The highest BCUT2D eigenvalue weighted by atomic mass is 79.9. The Labute approximate surface area is 184 Å². The first-order valence-electron chi connectivity index (χ1n) is 9.87. The number of hydrogen-bond acceptors (Lipinski definition) is 3. The molecule has 5 nitrogen and oxygen atoms in total. The third kappa shape index (κ3) is 4.02. The lowest BCUT2D eigenvalue weighted by Crippen LogP contribution is -2.46. The summed E-state index contributed by atoms with van der Waals surface area (Å²) in [6.07, 6.45) is 0. The van der Waals surface area contributed by atoms with Gasteiger partial charge < -0.3 is 4.90 Å². The summed E-state index contributed by atoms with van der Waals surface area (Å²) in [6.45, 7) is 7.21. The minimum Gasteiger partial charge on any atom is -0.368 e. The maximum Gasteiger partial charge on any atom is 0.286 e. The van der Waals surface area contributed by atoms with Crippen LogP contribution in [0.4, 0.5) is 5.69 Å². The Balaban J connectivity index is 1.54. The van der Waals surface area contributed by atoms with Crippen molar-refractivity contribution in [1.29, 1.82) is 0 Å². The first kappa shape index (κ1) is 20.3. The Bertz CT molecular complexity index is 1040. The topological polar surface area (TPSA) is 33.4 Å². The van der Waals surface area contributed by atoms with Gasteiger partial charge in [0.1, 0.15) is 4.47 Å². The number of nitrogens with zero attached hydrogens (tertiary/aromatic N) is 4. The Hall–Kier alpha value is -2.02. The van der Waals surface area contributed by atoms with Crippen molar-refractivity contribution >= 4 is 33.2 Å². The molecule has 1 aromatic heterocycles. The Kier molecular flexibility index (Phi) is 6.13. The van der Waals surface area contributed by atoms with Crippen LogP contribution in [0.3, 0.4) is 0 Å². The fourth-order valence-corrected chi connectivity index (χ4v) is 4.69. The number of benzene rings is 2. The Morgan fingerprint density at radius 3 is 2.28 bits per heavy atom. The van der Waals surface area contributed by atoms with Gasteiger partial charge in [-0.05, 0) is 47.1 Å². The molecule has 4 rings (SSSR count). The zero-order valence-electron chi connectivity index (χ0n) is 16.4. The number of halogens is 2. The molecule has 0 unspecified atom stereocenters. The lowest BCUT2D eigenvalue weighted by Gasteiger charge is -2.36. The Morgan fingerprint density at radius 1 is 0.966 bits per heavy atom. The van der Waals surface area contributed by atoms with E-state index >= 15 is 0 Å². The molecule has 3 aromatic rings. The van der Waals surface area contributed by atoms with Crippen LogP contribution >= 0.6 is 27.5 Å². The van der Waals surface area contributed by atoms with E-state index in [1.54, 1.807) is 4.68 Å². The molecule has 1 aliphatic heterocycles. The van der Waals surface area contributed by atoms with E-state index in [0.717, 1.165) is 61.4 Å². The van der Waals surface area contributed by atoms with Crippen molar-refractivity contribution < 1.29 is 0 Å². The average molecular weight is 476 g/mol. The molecule has 0 aliphatic carbocycles. The predicted molar refractivity (Wildman–Crippen MR) is 122 cm³/mol. The van der Waals surface area contributed by atoms with E-state index in [9.17, 15) is 4.79 Å². The molecule has 0 bridgehead atoms. The molecule has 7 heteroatoms. The second-order valence-corrected chi connectivity index (χ2v) is 8.34. The van der Waals surface area contributed by atoms with Crippen molar-refractivity contribution in [3.8, 4) is 5.69 Å². The highest BCUT2D eigenvalue weighted by Gasteiger charge is 2.24. The van der Waals surface area contributed by atoms with Crippen LogP contribution in [-0.4, -0.2) is 40.4 Å². The van der Waals surface area contributed by atoms with Gasteiger partial charge in [-0.2, -0.15) is 0 Å². The largest absolute Gasteiger partial charge is 0.368 e. The number of rotatable bonds is 5. The smallest absolute Gasteiger partial charge is 0.286 e. The molecule has 0 atom stereocenters. The summed E-state index contributed by atoms with van der Waals surface area (Å²) in [6, 6.07) is 17.8. The normalized spacial score (nSPS) is 15.1. The fourth-order valence-electron chi connectivity index (χ4n) is 3.94. The first-order chi connectivity index (χ1) is 14.1. The van der Waals surface area contributed by atoms with Gasteiger partial charge in [0, 0.05) is 39.3 Å². The van der Waals surface area contributed by atoms with Crippen LogP contribution in [0.1, 0.15) is 12.6 Å². The van der Waals surface area contributed by atoms with Crippen molar-refractivity contribution in [1.82, 2.24) is 14.3 Å². The summed E-state index contributed by atoms with van der Waals surface area (Å²) in [4.78, 5) is 17.7. The minimum absolute atomic E-state index is 0.0113. The van der Waals surface area contributed by atoms with Crippen LogP contribution in [0.2, 0.25) is 5.02 Å². The van der Waals surface area contributed by atoms with Gasteiger partial charge in [0.2, 0.25) is 0 Å². The van der Waals surface area contributed by atoms with E-state index in [0.29, 0.717) is 4.47 Å². The minimum atomic E-state index is -0.0113. The molecule has 0 amide bonds. The van der Waals surface area contributed by atoms with Gasteiger partial charge in [0.05, 0.1) is 22.1 Å². The molecule has 2 heterocycles. The van der Waals surface area contributed by atoms with Crippen molar-refractivity contribution in [2.24, 2.45) is 0 Å². The van der Waals surface area contributed by atoms with Gasteiger partial charge >= 0.3 is 0 Å². The molecule has 1 saturated heterocycles. The van der Waals surface area contributed by atoms with Crippen molar-refractivity contribution in [3.63, 3.8) is 0 Å². The van der Waals surface area contributed by atoms with E-state index in [4.69, 9.17) is 11.6 Å². The number of piperazine rings is 1. The average Bonchev–Trinajstić information content (AvgIpc) is 2.99. The summed E-state index contributed by atoms with van der Waals surface area (Å²) < 4.78 is 4.48. The van der Waals surface area contributed by atoms with Crippen LogP contribution in [-0.2, 0) is 13.1 Å². The fraction of sp³-hybridized carbons (Fsp3) is 0.318. The molecule has 0 N–H and O–H groups in total. The molecule has 0 radical (unpaired) electrons. The molecule has 0 spiro atoms. The maximum absolute atomic E-state index is 12.9. The van der Waals surface area contributed by atoms with E-state index in [-0.39, 0.29) is 5.56 Å². The summed E-state index contributed by atoms with van der Waals surface area (Å²) in [5, 5.41) is 0.795. The molecule has 2 aromatic carbocycles. The summed E-state index contributed by atoms with van der Waals surface area (Å²) >= 11 is 9.93. The van der Waals surface area contributed by atoms with Gasteiger partial charge in [0.15, 0.2) is 0 Å². The summed E-state index contributed by atoms with van der Waals surface area (Å²) in [5.74, 6) is 0. The van der Waals surface area contributed by atoms with E-state index in [1.807, 2.05) is 48.5 Å².